The van der Waals surface area contributed by atoms with Gasteiger partial charge in [0.15, 0.2) is 0 Å². The van der Waals surface area contributed by atoms with Crippen LogP contribution in [0.3, 0.4) is 0 Å². The Balaban J connectivity index is 3.15. The molecular formula is C10H9Cu. The normalized spacial score (nSPS) is 8.73. The Morgan fingerprint density at radius 1 is 1.09 bits per heavy atom. The molecule has 0 spiro atoms. The van der Waals surface area contributed by atoms with Crippen LogP contribution in [0.5, 0.6) is 0 Å². The second-order valence-electron chi connectivity index (χ2n) is 2.58. The van der Waals surface area contributed by atoms with Crippen molar-refractivity contribution < 1.29 is 16.0 Å². The van der Waals surface area contributed by atoms with Crippen molar-refractivity contribution in [2.24, 2.45) is 0 Å². The third kappa shape index (κ3) is 2.42. The molecule has 0 N–H and O–H groups in total. The van der Waals surface area contributed by atoms with Crippen molar-refractivity contribution in [2.75, 3.05) is 0 Å². The van der Waals surface area contributed by atoms with Crippen LogP contribution in [-0.4, -0.2) is 0 Å². The first-order valence-corrected chi connectivity index (χ1v) is 3.85. The summed E-state index contributed by atoms with van der Waals surface area (Å²) in [5, 5.41) is 0. The molecule has 0 amide bonds. The van der Waals surface area contributed by atoms with Crippen LogP contribution in [0, 0.1) is 24.6 Å². The van der Waals surface area contributed by atoms with Gasteiger partial charge in [0, 0.05) is 0 Å². The van der Waals surface area contributed by atoms with Crippen molar-refractivity contribution in [3.8, 4) is 10.7 Å². The molecule has 0 atom stereocenters. The zero-order valence-corrected chi connectivity index (χ0v) is 7.48. The topological polar surface area (TPSA) is 0 Å². The second-order valence-corrected chi connectivity index (χ2v) is 2.81. The number of hydrogen-bond donors (Lipinski definition) is 0. The first-order valence-electron chi connectivity index (χ1n) is 3.38. The Kier molecular flexibility index (Phi) is 2.76. The van der Waals surface area contributed by atoms with Crippen LogP contribution < -0.4 is 0 Å². The number of rotatable bonds is 0. The summed E-state index contributed by atoms with van der Waals surface area (Å²) in [5.41, 5.74) is 3.47. The molecule has 60 valence electrons. The Morgan fingerprint density at radius 3 is 2.09 bits per heavy atom. The first kappa shape index (κ1) is 8.40. The van der Waals surface area contributed by atoms with Crippen molar-refractivity contribution in [3.05, 3.63) is 34.9 Å². The van der Waals surface area contributed by atoms with E-state index in [0.29, 0.717) is 0 Å². The summed E-state index contributed by atoms with van der Waals surface area (Å²) in [6.45, 7) is 4.11. The van der Waals surface area contributed by atoms with Gasteiger partial charge in [-0.3, -0.25) is 0 Å². The van der Waals surface area contributed by atoms with Crippen LogP contribution in [0.2, 0.25) is 0 Å². The van der Waals surface area contributed by atoms with Gasteiger partial charge in [0.25, 0.3) is 0 Å². The van der Waals surface area contributed by atoms with Crippen LogP contribution in [0.4, 0.5) is 0 Å². The van der Waals surface area contributed by atoms with Crippen molar-refractivity contribution in [3.63, 3.8) is 0 Å². The average Bonchev–Trinajstić information content (AvgIpc) is 1.85. The minimum absolute atomic E-state index is 1.01. The molecule has 0 aliphatic rings. The van der Waals surface area contributed by atoms with Crippen molar-refractivity contribution in [2.45, 2.75) is 13.8 Å². The zero-order chi connectivity index (χ0) is 8.27. The summed E-state index contributed by atoms with van der Waals surface area (Å²) in [6, 6.07) is 6.18. The molecule has 0 aromatic heterocycles. The Hall–Kier alpha value is -0.701. The van der Waals surface area contributed by atoms with Gasteiger partial charge in [-0.15, -0.1) is 0 Å². The van der Waals surface area contributed by atoms with Gasteiger partial charge in [-0.25, -0.2) is 0 Å². The van der Waals surface area contributed by atoms with Gasteiger partial charge in [-0.1, -0.05) is 0 Å². The van der Waals surface area contributed by atoms with E-state index in [1.54, 1.807) is 0 Å². The molecule has 0 bridgehead atoms. The molecule has 0 heterocycles. The Morgan fingerprint density at radius 2 is 1.64 bits per heavy atom. The van der Waals surface area contributed by atoms with Gasteiger partial charge < -0.3 is 0 Å². The van der Waals surface area contributed by atoms with E-state index in [-0.39, 0.29) is 0 Å². The van der Waals surface area contributed by atoms with E-state index in [1.807, 2.05) is 12.1 Å². The third-order valence-corrected chi connectivity index (χ3v) is 1.52. The number of hydrogen-bond acceptors (Lipinski definition) is 0. The maximum absolute atomic E-state index is 4.69. The van der Waals surface area contributed by atoms with E-state index >= 15 is 0 Å². The monoisotopic (exact) mass is 192 g/mol. The quantitative estimate of drug-likeness (QED) is 0.437. The summed E-state index contributed by atoms with van der Waals surface area (Å²) in [5.74, 6) is 2.84. The van der Waals surface area contributed by atoms with E-state index in [0.717, 1.165) is 5.56 Å². The standard InChI is InChI=1S/C10H9.Cu/c1-4-10-6-8(2)5-9(3)7-10;/h5-7H,2-3H3;. The SMILES string of the molecule is Cc1cc(C)cc(C#[C][Cu])c1. The summed E-state index contributed by atoms with van der Waals surface area (Å²) in [4.78, 5) is 2.45. The second kappa shape index (κ2) is 3.62. The molecule has 0 saturated carbocycles. The molecule has 0 aliphatic carbocycles. The van der Waals surface area contributed by atoms with Crippen molar-refractivity contribution >= 4 is 0 Å². The fourth-order valence-corrected chi connectivity index (χ4v) is 1.23. The fraction of sp³-hybridized carbons (Fsp3) is 0.200. The Labute approximate surface area is 75.8 Å². The van der Waals surface area contributed by atoms with Gasteiger partial charge in [0.1, 0.15) is 0 Å². The van der Waals surface area contributed by atoms with Gasteiger partial charge in [0.2, 0.25) is 0 Å². The van der Waals surface area contributed by atoms with Crippen LogP contribution >= 0.6 is 0 Å². The van der Waals surface area contributed by atoms with Crippen LogP contribution in [-0.2, 0) is 16.0 Å². The van der Waals surface area contributed by atoms with Gasteiger partial charge in [-0.2, -0.15) is 0 Å². The van der Waals surface area contributed by atoms with Crippen LogP contribution in [0.15, 0.2) is 18.2 Å². The van der Waals surface area contributed by atoms with Gasteiger partial charge in [0.05, 0.1) is 0 Å². The van der Waals surface area contributed by atoms with Crippen molar-refractivity contribution in [1.29, 1.82) is 0 Å². The number of aryl methyl sites for hydroxylation is 2. The molecule has 0 saturated heterocycles. The van der Waals surface area contributed by atoms with Crippen molar-refractivity contribution in [1.82, 2.24) is 0 Å². The summed E-state index contributed by atoms with van der Waals surface area (Å²) in [6.07, 6.45) is 0. The van der Waals surface area contributed by atoms with E-state index in [4.69, 9.17) is 16.0 Å². The van der Waals surface area contributed by atoms with E-state index in [2.05, 4.69) is 30.7 Å². The first-order chi connectivity index (χ1) is 5.22. The molecule has 0 unspecified atom stereocenters. The van der Waals surface area contributed by atoms with Crippen LogP contribution in [0.1, 0.15) is 16.7 Å². The predicted octanol–water partition coefficient (Wildman–Crippen LogP) is 2.16. The molecule has 0 fully saturated rings. The molecule has 1 aromatic carbocycles. The third-order valence-electron chi connectivity index (χ3n) is 1.40. The molecule has 1 heteroatoms. The van der Waals surface area contributed by atoms with E-state index in [9.17, 15) is 0 Å². The molecule has 0 radical (unpaired) electrons. The van der Waals surface area contributed by atoms with E-state index in [1.165, 1.54) is 11.1 Å². The van der Waals surface area contributed by atoms with Crippen LogP contribution in [0.25, 0.3) is 0 Å². The summed E-state index contributed by atoms with van der Waals surface area (Å²) in [7, 11) is 0. The van der Waals surface area contributed by atoms with Gasteiger partial charge >= 0.3 is 75.5 Å². The molecule has 1 aromatic rings. The molecule has 0 aliphatic heterocycles. The molecule has 11 heavy (non-hydrogen) atoms. The Bertz CT molecular complexity index is 295. The summed E-state index contributed by atoms with van der Waals surface area (Å²) >= 11 is 4.69. The molecule has 0 nitrogen and oxygen atoms in total. The molecular weight excluding hydrogens is 184 g/mol. The van der Waals surface area contributed by atoms with Gasteiger partial charge in [-0.05, 0) is 0 Å². The minimum atomic E-state index is 1.01. The van der Waals surface area contributed by atoms with E-state index < -0.39 is 0 Å². The maximum atomic E-state index is 4.69. The fourth-order valence-electron chi connectivity index (χ4n) is 1.09. The zero-order valence-electron chi connectivity index (χ0n) is 6.53. The molecule has 1 rings (SSSR count). The average molecular weight is 193 g/mol. The predicted molar refractivity (Wildman–Crippen MR) is 42.8 cm³/mol. The number of benzene rings is 1. The summed E-state index contributed by atoms with van der Waals surface area (Å²) < 4.78 is 0.